The van der Waals surface area contributed by atoms with Crippen molar-refractivity contribution in [1.82, 2.24) is 9.88 Å². The number of halogens is 5. The van der Waals surface area contributed by atoms with Crippen LogP contribution in [-0.4, -0.2) is 35.8 Å². The van der Waals surface area contributed by atoms with Crippen LogP contribution in [0.15, 0.2) is 27.3 Å². The predicted molar refractivity (Wildman–Crippen MR) is 81.4 cm³/mol. The first-order chi connectivity index (χ1) is 10.1. The Morgan fingerprint density at radius 3 is 1.95 bits per heavy atom. The lowest BCUT2D eigenvalue weighted by molar-refractivity contribution is -0.137. The Bertz CT molecular complexity index is 608. The lowest BCUT2D eigenvalue weighted by Gasteiger charge is -2.09. The van der Waals surface area contributed by atoms with Gasteiger partial charge in [0, 0.05) is 20.3 Å². The fourth-order valence-corrected chi connectivity index (χ4v) is 2.28. The summed E-state index contributed by atoms with van der Waals surface area (Å²) >= 11 is 5.94. The summed E-state index contributed by atoms with van der Waals surface area (Å²) in [6.45, 7) is 0. The second kappa shape index (κ2) is 7.23. The monoisotopic (exact) mass is 443 g/mol. The zero-order chi connectivity index (χ0) is 17.1. The largest absolute Gasteiger partial charge is 0.419 e. The van der Waals surface area contributed by atoms with Crippen molar-refractivity contribution in [3.63, 3.8) is 0 Å². The van der Waals surface area contributed by atoms with E-state index in [-0.39, 0.29) is 17.6 Å². The highest BCUT2D eigenvalue weighted by atomic mass is 79.9. The van der Waals surface area contributed by atoms with Crippen LogP contribution in [0, 0.1) is 0 Å². The molecule has 1 N–H and O–H groups in total. The molecule has 0 saturated carbocycles. The van der Waals surface area contributed by atoms with Crippen LogP contribution in [0.5, 0.6) is 0 Å². The number of aromatic nitrogens is 1. The zero-order valence-electron chi connectivity index (χ0n) is 11.3. The van der Waals surface area contributed by atoms with E-state index in [0.29, 0.717) is 8.96 Å². The quantitative estimate of drug-likeness (QED) is 0.676. The number of carbonyl (C=O) groups is 2. The van der Waals surface area contributed by atoms with Crippen molar-refractivity contribution in [2.24, 2.45) is 0 Å². The lowest BCUT2D eigenvalue weighted by Crippen LogP contribution is -2.25. The van der Waals surface area contributed by atoms with E-state index in [2.05, 4.69) is 42.2 Å². The van der Waals surface area contributed by atoms with Crippen molar-refractivity contribution in [2.45, 2.75) is 6.18 Å². The van der Waals surface area contributed by atoms with E-state index in [9.17, 15) is 22.8 Å². The average Bonchev–Trinajstić information content (AvgIpc) is 2.65. The number of nitrogens with zero attached hydrogens (tertiary/aromatic N) is 2. The number of hydrogen-bond donors (Lipinski definition) is 1. The fourth-order valence-electron chi connectivity index (χ4n) is 1.41. The van der Waals surface area contributed by atoms with Crippen LogP contribution in [-0.2, 0) is 15.8 Å². The third-order valence-corrected chi connectivity index (χ3v) is 4.53. The Kier molecular flexibility index (Phi) is 6.12. The van der Waals surface area contributed by atoms with E-state index >= 15 is 0 Å². The Morgan fingerprint density at radius 1 is 1.18 bits per heavy atom. The van der Waals surface area contributed by atoms with Gasteiger partial charge < -0.3 is 5.32 Å². The van der Waals surface area contributed by atoms with Crippen molar-refractivity contribution in [1.29, 1.82) is 0 Å². The first-order valence-corrected chi connectivity index (χ1v) is 7.27. The molecule has 5 nitrogen and oxygen atoms in total. The van der Waals surface area contributed by atoms with E-state index in [4.69, 9.17) is 0 Å². The summed E-state index contributed by atoms with van der Waals surface area (Å²) < 4.78 is 37.0. The zero-order valence-corrected chi connectivity index (χ0v) is 14.5. The minimum absolute atomic E-state index is 0.148. The van der Waals surface area contributed by atoms with Crippen molar-refractivity contribution in [3.8, 4) is 0 Å². The van der Waals surface area contributed by atoms with Gasteiger partial charge in [-0.1, -0.05) is 0 Å². The maximum Gasteiger partial charge on any atom is 0.419 e. The molecule has 10 heteroatoms. The molecule has 1 aromatic rings. The van der Waals surface area contributed by atoms with Gasteiger partial charge in [0.1, 0.15) is 14.8 Å². The van der Waals surface area contributed by atoms with Crippen LogP contribution in [0.25, 0.3) is 0 Å². The minimum atomic E-state index is -4.34. The number of likely N-dealkylation sites (N-methyl/N-ethyl adjacent to an activating group) is 1. The van der Waals surface area contributed by atoms with Crippen LogP contribution in [0.3, 0.4) is 0 Å². The van der Waals surface area contributed by atoms with Crippen LogP contribution < -0.4 is 5.32 Å². The molecule has 2 rings (SSSR count). The molecular weight excluding hydrogens is 435 g/mol. The smallest absolute Gasteiger partial charge is 0.373 e. The molecular formula is C12H10Br2F3N3O2. The Balaban J connectivity index is 0.000000224. The van der Waals surface area contributed by atoms with Crippen LogP contribution >= 0.6 is 31.9 Å². The molecule has 0 aliphatic carbocycles. The molecule has 0 atom stereocenters. The molecule has 1 aliphatic heterocycles. The van der Waals surface area contributed by atoms with Gasteiger partial charge in [0.2, 0.25) is 0 Å². The van der Waals surface area contributed by atoms with Gasteiger partial charge in [-0.05, 0) is 44.0 Å². The standard InChI is InChI=1S/C7H7F3N2.C5H3Br2NO2/c1-11-6-5(7(8,9)10)3-2-4-12-6;1-8-4(9)2(6)3(7)5(8)10/h2-4H,1H3,(H,11,12);1H3. The minimum Gasteiger partial charge on any atom is -0.373 e. The number of hydrogen-bond acceptors (Lipinski definition) is 4. The fraction of sp³-hybridized carbons (Fsp3) is 0.250. The number of pyridine rings is 1. The van der Waals surface area contributed by atoms with E-state index in [0.717, 1.165) is 11.0 Å². The molecule has 0 aromatic carbocycles. The number of carbonyl (C=O) groups excluding carboxylic acids is 2. The molecule has 2 amide bonds. The highest BCUT2D eigenvalue weighted by Gasteiger charge is 2.33. The van der Waals surface area contributed by atoms with E-state index in [1.165, 1.54) is 26.4 Å². The van der Waals surface area contributed by atoms with E-state index in [1.807, 2.05) is 0 Å². The Hall–Kier alpha value is -1.42. The van der Waals surface area contributed by atoms with Gasteiger partial charge in [0.15, 0.2) is 0 Å². The first-order valence-electron chi connectivity index (χ1n) is 5.68. The molecule has 22 heavy (non-hydrogen) atoms. The molecule has 2 heterocycles. The predicted octanol–water partition coefficient (Wildman–Crippen LogP) is 3.13. The highest BCUT2D eigenvalue weighted by molar-refractivity contribution is 9.14. The Labute approximate surface area is 140 Å². The molecule has 0 bridgehead atoms. The molecule has 1 aromatic heterocycles. The average molecular weight is 445 g/mol. The third kappa shape index (κ3) is 4.07. The van der Waals surface area contributed by atoms with E-state index < -0.39 is 11.7 Å². The van der Waals surface area contributed by atoms with Crippen molar-refractivity contribution >= 4 is 49.5 Å². The molecule has 0 saturated heterocycles. The summed E-state index contributed by atoms with van der Waals surface area (Å²) in [5.41, 5.74) is -0.743. The lowest BCUT2D eigenvalue weighted by atomic mass is 10.2. The second-order valence-electron chi connectivity index (χ2n) is 3.94. The van der Waals surface area contributed by atoms with Crippen molar-refractivity contribution < 1.29 is 22.8 Å². The third-order valence-electron chi connectivity index (χ3n) is 2.53. The SMILES string of the molecule is CN1C(=O)C(Br)=C(Br)C1=O.CNc1ncccc1C(F)(F)F. The molecule has 0 radical (unpaired) electrons. The summed E-state index contributed by atoms with van der Waals surface area (Å²) in [5, 5.41) is 2.37. The number of rotatable bonds is 1. The van der Waals surface area contributed by atoms with Crippen molar-refractivity contribution in [3.05, 3.63) is 32.9 Å². The summed E-state index contributed by atoms with van der Waals surface area (Å²) in [7, 11) is 2.83. The normalized spacial score (nSPS) is 15.0. The number of imide groups is 1. The number of amides is 2. The van der Waals surface area contributed by atoms with Gasteiger partial charge in [0.05, 0.1) is 5.56 Å². The second-order valence-corrected chi connectivity index (χ2v) is 5.53. The maximum absolute atomic E-state index is 12.2. The first kappa shape index (κ1) is 18.6. The van der Waals surface area contributed by atoms with Gasteiger partial charge >= 0.3 is 6.18 Å². The van der Waals surface area contributed by atoms with Gasteiger partial charge in [-0.2, -0.15) is 13.2 Å². The van der Waals surface area contributed by atoms with Gasteiger partial charge in [-0.15, -0.1) is 0 Å². The molecule has 0 unspecified atom stereocenters. The maximum atomic E-state index is 12.2. The summed E-state index contributed by atoms with van der Waals surface area (Å²) in [6.07, 6.45) is -3.03. The van der Waals surface area contributed by atoms with E-state index in [1.54, 1.807) is 0 Å². The molecule has 0 spiro atoms. The van der Waals surface area contributed by atoms with Crippen LogP contribution in [0.2, 0.25) is 0 Å². The van der Waals surface area contributed by atoms with Crippen molar-refractivity contribution in [2.75, 3.05) is 19.4 Å². The number of nitrogens with one attached hydrogen (secondary N) is 1. The topological polar surface area (TPSA) is 62.3 Å². The van der Waals surface area contributed by atoms with Gasteiger partial charge in [-0.25, -0.2) is 4.98 Å². The molecule has 120 valence electrons. The van der Waals surface area contributed by atoms with Gasteiger partial charge in [-0.3, -0.25) is 14.5 Å². The molecule has 1 aliphatic rings. The molecule has 0 fully saturated rings. The van der Waals surface area contributed by atoms with Crippen LogP contribution in [0.4, 0.5) is 19.0 Å². The summed E-state index contributed by atoms with van der Waals surface area (Å²) in [5.74, 6) is -0.765. The highest BCUT2D eigenvalue weighted by Crippen LogP contribution is 2.32. The summed E-state index contributed by atoms with van der Waals surface area (Å²) in [4.78, 5) is 26.4. The Morgan fingerprint density at radius 2 is 1.68 bits per heavy atom. The van der Waals surface area contributed by atoms with Gasteiger partial charge in [0.25, 0.3) is 11.8 Å². The number of alkyl halides is 3. The van der Waals surface area contributed by atoms with Crippen LogP contribution in [0.1, 0.15) is 5.56 Å². The summed E-state index contributed by atoms with van der Waals surface area (Å²) in [6, 6.07) is 2.24. The number of anilines is 1.